The summed E-state index contributed by atoms with van der Waals surface area (Å²) < 4.78 is 46.5. The van der Waals surface area contributed by atoms with Gasteiger partial charge in [0.25, 0.3) is 0 Å². The van der Waals surface area contributed by atoms with E-state index >= 15 is 0 Å². The van der Waals surface area contributed by atoms with Crippen LogP contribution >= 0.6 is 0 Å². The van der Waals surface area contributed by atoms with E-state index in [1.165, 1.54) is 4.90 Å². The molecule has 2 heterocycles. The van der Waals surface area contributed by atoms with Crippen LogP contribution in [0.3, 0.4) is 0 Å². The molecule has 174 valence electrons. The Bertz CT molecular complexity index is 924. The first-order valence-electron chi connectivity index (χ1n) is 10.9. The smallest absolute Gasteiger partial charge is 0.194 e. The molecule has 2 N–H and O–H groups in total. The first-order chi connectivity index (χ1) is 15.4. The molecule has 0 aliphatic carbocycles. The zero-order chi connectivity index (χ0) is 22.9. The Morgan fingerprint density at radius 3 is 2.47 bits per heavy atom. The maximum Gasteiger partial charge on any atom is 0.194 e. The molecule has 2 fully saturated rings. The molecule has 2 aliphatic heterocycles. The second kappa shape index (κ2) is 9.49. The van der Waals surface area contributed by atoms with E-state index in [0.29, 0.717) is 6.61 Å². The van der Waals surface area contributed by atoms with Gasteiger partial charge in [-0.25, -0.2) is 13.2 Å². The summed E-state index contributed by atoms with van der Waals surface area (Å²) >= 11 is 0. The number of β-amino-alcohol motifs (C(OH)–C–C–N with tert-alkyl or cyclic N) is 1. The fraction of sp³-hybridized carbons (Fsp3) is 0.500. The SMILES string of the molecule is COC[C@H](c1ccccc1)N1CCCC[C@H]1C1(O)CN(C(O)c2ccc(F)c(F)c2F)C1. The molecule has 1 unspecified atom stereocenters. The highest BCUT2D eigenvalue weighted by Crippen LogP contribution is 2.41. The van der Waals surface area contributed by atoms with Crippen LogP contribution in [0.1, 0.15) is 42.7 Å². The van der Waals surface area contributed by atoms with Gasteiger partial charge in [0.15, 0.2) is 17.5 Å². The summed E-state index contributed by atoms with van der Waals surface area (Å²) in [6, 6.07) is 11.6. The van der Waals surface area contributed by atoms with Gasteiger partial charge >= 0.3 is 0 Å². The Morgan fingerprint density at radius 1 is 1.06 bits per heavy atom. The topological polar surface area (TPSA) is 56.2 Å². The third kappa shape index (κ3) is 4.30. The van der Waals surface area contributed by atoms with Crippen molar-refractivity contribution in [3.05, 3.63) is 71.0 Å². The Morgan fingerprint density at radius 2 is 1.78 bits per heavy atom. The number of aliphatic hydroxyl groups excluding tert-OH is 1. The van der Waals surface area contributed by atoms with Gasteiger partial charge in [0, 0.05) is 31.8 Å². The minimum absolute atomic E-state index is 0.0295. The third-order valence-electron chi connectivity index (χ3n) is 6.72. The molecule has 0 aromatic heterocycles. The van der Waals surface area contributed by atoms with E-state index < -0.39 is 29.3 Å². The predicted octanol–water partition coefficient (Wildman–Crippen LogP) is 3.38. The highest BCUT2D eigenvalue weighted by atomic mass is 19.2. The van der Waals surface area contributed by atoms with Crippen LogP contribution in [0, 0.1) is 17.5 Å². The summed E-state index contributed by atoms with van der Waals surface area (Å²) in [5.41, 5.74) is -0.352. The van der Waals surface area contributed by atoms with Crippen LogP contribution in [0.5, 0.6) is 0 Å². The summed E-state index contributed by atoms with van der Waals surface area (Å²) in [5.74, 6) is -4.32. The van der Waals surface area contributed by atoms with Crippen LogP contribution in [0.4, 0.5) is 13.2 Å². The van der Waals surface area contributed by atoms with Crippen LogP contribution < -0.4 is 0 Å². The number of halogens is 3. The maximum absolute atomic E-state index is 14.1. The van der Waals surface area contributed by atoms with Gasteiger partial charge in [-0.1, -0.05) is 36.8 Å². The molecule has 2 saturated heterocycles. The molecule has 32 heavy (non-hydrogen) atoms. The van der Waals surface area contributed by atoms with Crippen molar-refractivity contribution < 1.29 is 28.1 Å². The summed E-state index contributed by atoms with van der Waals surface area (Å²) in [6.45, 7) is 1.48. The van der Waals surface area contributed by atoms with Gasteiger partial charge in [0.2, 0.25) is 0 Å². The van der Waals surface area contributed by atoms with Gasteiger partial charge in [-0.2, -0.15) is 0 Å². The van der Waals surface area contributed by atoms with Gasteiger partial charge in [-0.15, -0.1) is 0 Å². The van der Waals surface area contributed by atoms with Crippen molar-refractivity contribution in [2.24, 2.45) is 0 Å². The molecule has 3 atom stereocenters. The molecule has 5 nitrogen and oxygen atoms in total. The number of piperidine rings is 1. The van der Waals surface area contributed by atoms with Gasteiger partial charge in [-0.3, -0.25) is 9.80 Å². The van der Waals surface area contributed by atoms with E-state index in [-0.39, 0.29) is 30.7 Å². The van der Waals surface area contributed by atoms with Gasteiger partial charge in [0.05, 0.1) is 12.6 Å². The van der Waals surface area contributed by atoms with Crippen molar-refractivity contribution in [3.8, 4) is 0 Å². The lowest BCUT2D eigenvalue weighted by atomic mass is 9.79. The van der Waals surface area contributed by atoms with E-state index in [1.807, 2.05) is 30.3 Å². The van der Waals surface area contributed by atoms with E-state index in [9.17, 15) is 23.4 Å². The number of ether oxygens (including phenoxy) is 1. The molecular formula is C24H29F3N2O3. The fourth-order valence-electron chi connectivity index (χ4n) is 5.10. The van der Waals surface area contributed by atoms with E-state index in [1.54, 1.807) is 7.11 Å². The second-order valence-electron chi connectivity index (χ2n) is 8.78. The Balaban J connectivity index is 1.52. The number of benzene rings is 2. The van der Waals surface area contributed by atoms with Crippen molar-refractivity contribution in [1.82, 2.24) is 9.80 Å². The molecular weight excluding hydrogens is 421 g/mol. The average Bonchev–Trinajstić information content (AvgIpc) is 2.79. The van der Waals surface area contributed by atoms with Crippen molar-refractivity contribution >= 4 is 0 Å². The normalized spacial score (nSPS) is 23.5. The van der Waals surface area contributed by atoms with Gasteiger partial charge < -0.3 is 14.9 Å². The zero-order valence-corrected chi connectivity index (χ0v) is 18.1. The lowest BCUT2D eigenvalue weighted by Gasteiger charge is -2.57. The molecule has 2 aromatic rings. The number of likely N-dealkylation sites (tertiary alicyclic amines) is 2. The Labute approximate surface area is 186 Å². The lowest BCUT2D eigenvalue weighted by Crippen LogP contribution is -2.72. The van der Waals surface area contributed by atoms with E-state index in [4.69, 9.17) is 4.74 Å². The van der Waals surface area contributed by atoms with Crippen molar-refractivity contribution in [2.75, 3.05) is 33.4 Å². The number of hydrogen-bond acceptors (Lipinski definition) is 5. The number of methoxy groups -OCH3 is 1. The van der Waals surface area contributed by atoms with E-state index in [2.05, 4.69) is 4.90 Å². The van der Waals surface area contributed by atoms with Crippen LogP contribution in [0.15, 0.2) is 42.5 Å². The third-order valence-corrected chi connectivity index (χ3v) is 6.72. The Kier molecular flexibility index (Phi) is 6.88. The lowest BCUT2D eigenvalue weighted by molar-refractivity contribution is -0.204. The molecule has 0 radical (unpaired) electrons. The standard InChI is InChI=1S/C24H29F3N2O3/c1-32-13-19(16-7-3-2-4-8-16)29-12-6-5-9-20(29)24(31)14-28(15-24)23(30)17-10-11-18(25)22(27)21(17)26/h2-4,7-8,10-11,19-20,23,30-31H,5-6,9,12-15H2,1H3/t19-,20+,23?/m1/s1. The molecule has 8 heteroatoms. The summed E-state index contributed by atoms with van der Waals surface area (Å²) in [6.07, 6.45) is 1.29. The number of nitrogens with zero attached hydrogens (tertiary/aromatic N) is 2. The summed E-state index contributed by atoms with van der Waals surface area (Å²) in [4.78, 5) is 3.74. The average molecular weight is 451 g/mol. The minimum atomic E-state index is -1.61. The highest BCUT2D eigenvalue weighted by Gasteiger charge is 2.53. The summed E-state index contributed by atoms with van der Waals surface area (Å²) in [5, 5.41) is 22.0. The van der Waals surface area contributed by atoms with Crippen molar-refractivity contribution in [3.63, 3.8) is 0 Å². The number of aliphatic hydroxyl groups is 2. The molecule has 0 bridgehead atoms. The molecule has 2 aliphatic rings. The quantitative estimate of drug-likeness (QED) is 0.634. The highest BCUT2D eigenvalue weighted by molar-refractivity contribution is 5.24. The first-order valence-corrected chi connectivity index (χ1v) is 10.9. The predicted molar refractivity (Wildman–Crippen MR) is 113 cm³/mol. The molecule has 0 amide bonds. The largest absolute Gasteiger partial charge is 0.386 e. The van der Waals surface area contributed by atoms with Crippen LogP contribution in [-0.2, 0) is 4.74 Å². The minimum Gasteiger partial charge on any atom is -0.386 e. The van der Waals surface area contributed by atoms with Crippen LogP contribution in [0.25, 0.3) is 0 Å². The van der Waals surface area contributed by atoms with Crippen molar-refractivity contribution in [1.29, 1.82) is 0 Å². The zero-order valence-electron chi connectivity index (χ0n) is 18.1. The first kappa shape index (κ1) is 23.2. The monoisotopic (exact) mass is 450 g/mol. The number of rotatable bonds is 7. The maximum atomic E-state index is 14.1. The van der Waals surface area contributed by atoms with E-state index in [0.717, 1.165) is 43.5 Å². The molecule has 2 aromatic carbocycles. The van der Waals surface area contributed by atoms with Gasteiger partial charge in [0.1, 0.15) is 11.8 Å². The Hall–Kier alpha value is -1.97. The van der Waals surface area contributed by atoms with Gasteiger partial charge in [-0.05, 0) is 37.1 Å². The van der Waals surface area contributed by atoms with Crippen molar-refractivity contribution in [2.45, 2.75) is 43.2 Å². The van der Waals surface area contributed by atoms with Crippen LogP contribution in [-0.4, -0.2) is 65.0 Å². The second-order valence-corrected chi connectivity index (χ2v) is 8.78. The molecule has 4 rings (SSSR count). The fourth-order valence-corrected chi connectivity index (χ4v) is 5.10. The molecule has 0 spiro atoms. The summed E-state index contributed by atoms with van der Waals surface area (Å²) in [7, 11) is 1.65. The molecule has 0 saturated carbocycles. The number of hydrogen-bond donors (Lipinski definition) is 2. The van der Waals surface area contributed by atoms with Crippen LogP contribution in [0.2, 0.25) is 0 Å².